The maximum Gasteiger partial charge on any atom is 0.0720 e. The first-order valence-corrected chi connectivity index (χ1v) is 13.3. The van der Waals surface area contributed by atoms with E-state index in [0.717, 1.165) is 48.3 Å². The van der Waals surface area contributed by atoms with Crippen molar-refractivity contribution in [3.63, 3.8) is 0 Å². The van der Waals surface area contributed by atoms with Crippen LogP contribution in [-0.2, 0) is 19.3 Å². The van der Waals surface area contributed by atoms with Crippen molar-refractivity contribution < 1.29 is 0 Å². The number of hydrogen-bond donors (Lipinski definition) is 1. The van der Waals surface area contributed by atoms with E-state index in [4.69, 9.17) is 4.98 Å². The third-order valence-electron chi connectivity index (χ3n) is 7.29. The summed E-state index contributed by atoms with van der Waals surface area (Å²) in [6.07, 6.45) is 10.3. The molecule has 0 fully saturated rings. The van der Waals surface area contributed by atoms with E-state index in [1.165, 1.54) is 38.8 Å². The minimum atomic E-state index is 0.508. The van der Waals surface area contributed by atoms with E-state index in [1.54, 1.807) is 0 Å². The van der Waals surface area contributed by atoms with Gasteiger partial charge >= 0.3 is 0 Å². The molecule has 0 aliphatic carbocycles. The third-order valence-corrected chi connectivity index (χ3v) is 7.29. The molecule has 3 heterocycles. The fourth-order valence-electron chi connectivity index (χ4n) is 5.27. The fourth-order valence-corrected chi connectivity index (χ4v) is 5.27. The van der Waals surface area contributed by atoms with Crippen molar-refractivity contribution in [2.24, 2.45) is 0 Å². The van der Waals surface area contributed by atoms with E-state index in [0.29, 0.717) is 5.92 Å². The second kappa shape index (κ2) is 10.1. The van der Waals surface area contributed by atoms with Gasteiger partial charge in [-0.15, -0.1) is 0 Å². The maximum atomic E-state index is 5.03. The lowest BCUT2D eigenvalue weighted by Gasteiger charge is -2.13. The van der Waals surface area contributed by atoms with Crippen molar-refractivity contribution in [2.75, 3.05) is 0 Å². The number of H-pyrrole nitrogens is 1. The number of hydrogen-bond acceptors (Lipinski definition) is 2. The summed E-state index contributed by atoms with van der Waals surface area (Å²) >= 11 is 0. The first-order valence-electron chi connectivity index (χ1n) is 13.3. The molecule has 0 aliphatic heterocycles. The van der Waals surface area contributed by atoms with Crippen LogP contribution in [0.1, 0.15) is 69.2 Å². The topological polar surface area (TPSA) is 46.5 Å². The fraction of sp³-hybridized carbons (Fsp3) is 0.312. The van der Waals surface area contributed by atoms with Gasteiger partial charge in [-0.25, -0.2) is 0 Å². The molecule has 4 heteroatoms. The molecule has 2 aromatic carbocycles. The summed E-state index contributed by atoms with van der Waals surface area (Å²) in [5.74, 6) is 0.508. The lowest BCUT2D eigenvalue weighted by Crippen LogP contribution is -1.97. The highest BCUT2D eigenvalue weighted by atomic mass is 15.1. The van der Waals surface area contributed by atoms with Crippen molar-refractivity contribution in [3.8, 4) is 28.2 Å². The number of aromatic nitrogens is 4. The largest absolute Gasteiger partial charge is 0.314 e. The Kier molecular flexibility index (Phi) is 6.77. The highest BCUT2D eigenvalue weighted by Crippen LogP contribution is 2.37. The summed E-state index contributed by atoms with van der Waals surface area (Å²) in [4.78, 5) is 5.03. The number of nitrogens with one attached hydrogen (secondary N) is 1. The molecule has 36 heavy (non-hydrogen) atoms. The number of aryl methyl sites for hydroxylation is 3. The van der Waals surface area contributed by atoms with Gasteiger partial charge in [0.15, 0.2) is 0 Å². The van der Waals surface area contributed by atoms with Crippen LogP contribution < -0.4 is 0 Å². The molecule has 0 amide bonds. The Morgan fingerprint density at radius 2 is 1.61 bits per heavy atom. The first kappa shape index (κ1) is 24.1. The Labute approximate surface area is 214 Å². The highest BCUT2D eigenvalue weighted by Gasteiger charge is 2.19. The zero-order chi connectivity index (χ0) is 25.2. The van der Waals surface area contributed by atoms with Gasteiger partial charge < -0.3 is 4.57 Å². The van der Waals surface area contributed by atoms with Crippen molar-refractivity contribution in [3.05, 3.63) is 89.4 Å². The van der Waals surface area contributed by atoms with Crippen LogP contribution in [0.3, 0.4) is 0 Å². The van der Waals surface area contributed by atoms with Gasteiger partial charge in [0, 0.05) is 28.4 Å². The summed E-state index contributed by atoms with van der Waals surface area (Å²) in [7, 11) is 0. The van der Waals surface area contributed by atoms with Crippen molar-refractivity contribution in [1.29, 1.82) is 0 Å². The molecule has 0 atom stereocenters. The lowest BCUT2D eigenvalue weighted by molar-refractivity contribution is 0.865. The minimum Gasteiger partial charge on any atom is -0.314 e. The average Bonchev–Trinajstić information content (AvgIpc) is 3.52. The van der Waals surface area contributed by atoms with Crippen LogP contribution >= 0.6 is 0 Å². The molecule has 0 saturated heterocycles. The Morgan fingerprint density at radius 1 is 0.889 bits per heavy atom. The van der Waals surface area contributed by atoms with E-state index in [2.05, 4.69) is 104 Å². The van der Waals surface area contributed by atoms with Crippen LogP contribution in [-0.4, -0.2) is 19.7 Å². The van der Waals surface area contributed by atoms with Gasteiger partial charge in [0.05, 0.1) is 29.3 Å². The van der Waals surface area contributed by atoms with Crippen LogP contribution in [0, 0.1) is 0 Å². The zero-order valence-corrected chi connectivity index (χ0v) is 22.1. The van der Waals surface area contributed by atoms with Gasteiger partial charge in [-0.1, -0.05) is 71.4 Å². The summed E-state index contributed by atoms with van der Waals surface area (Å²) in [5.41, 5.74) is 12.2. The van der Waals surface area contributed by atoms with Gasteiger partial charge in [0.1, 0.15) is 0 Å². The molecule has 1 N–H and O–H groups in total. The number of aromatic amines is 1. The molecule has 184 valence electrons. The predicted molar refractivity (Wildman–Crippen MR) is 151 cm³/mol. The predicted octanol–water partition coefficient (Wildman–Crippen LogP) is 8.28. The second-order valence-corrected chi connectivity index (χ2v) is 9.92. The Balaban J connectivity index is 1.76. The Hall–Kier alpha value is -3.66. The van der Waals surface area contributed by atoms with Crippen LogP contribution in [0.25, 0.3) is 39.1 Å². The van der Waals surface area contributed by atoms with Gasteiger partial charge in [-0.3, -0.25) is 10.1 Å². The van der Waals surface area contributed by atoms with Gasteiger partial charge in [0.2, 0.25) is 0 Å². The van der Waals surface area contributed by atoms with Crippen molar-refractivity contribution >= 4 is 10.9 Å². The number of benzene rings is 2. The lowest BCUT2D eigenvalue weighted by atomic mass is 9.94. The molecule has 0 radical (unpaired) electrons. The molecule has 0 bridgehead atoms. The first-order chi connectivity index (χ1) is 17.5. The van der Waals surface area contributed by atoms with E-state index in [-0.39, 0.29) is 0 Å². The van der Waals surface area contributed by atoms with E-state index < -0.39 is 0 Å². The number of rotatable bonds is 8. The monoisotopic (exact) mass is 476 g/mol. The van der Waals surface area contributed by atoms with Crippen LogP contribution in [0.5, 0.6) is 0 Å². The minimum absolute atomic E-state index is 0.508. The summed E-state index contributed by atoms with van der Waals surface area (Å²) in [5, 5.41) is 8.93. The van der Waals surface area contributed by atoms with Crippen molar-refractivity contribution in [2.45, 2.75) is 66.2 Å². The van der Waals surface area contributed by atoms with Gasteiger partial charge in [0.25, 0.3) is 0 Å². The standard InChI is InChI=1S/C32H36N4/c1-6-10-25-18-34-35-32(25)28-20-36(26-15-13-24(14-16-26)21(4)5)30-19-33-29(17-27(28)30)31-22(7-2)11-9-12-23(31)8-3/h9,11-21H,6-8,10H2,1-5H3,(H,34,35). The molecule has 5 aromatic rings. The number of nitrogens with zero attached hydrogens (tertiary/aromatic N) is 3. The maximum absolute atomic E-state index is 5.03. The van der Waals surface area contributed by atoms with Gasteiger partial charge in [-0.2, -0.15) is 5.10 Å². The molecule has 0 saturated carbocycles. The van der Waals surface area contributed by atoms with E-state index in [1.807, 2.05) is 12.4 Å². The zero-order valence-electron chi connectivity index (χ0n) is 22.1. The quantitative estimate of drug-likeness (QED) is 0.245. The smallest absolute Gasteiger partial charge is 0.0720 e. The molecule has 0 aliphatic rings. The third kappa shape index (κ3) is 4.26. The highest BCUT2D eigenvalue weighted by molar-refractivity contribution is 5.98. The number of pyridine rings is 1. The molecular formula is C32H36N4. The number of fused-ring (bicyclic) bond motifs is 1. The van der Waals surface area contributed by atoms with Crippen molar-refractivity contribution in [1.82, 2.24) is 19.7 Å². The average molecular weight is 477 g/mol. The second-order valence-electron chi connectivity index (χ2n) is 9.92. The summed E-state index contributed by atoms with van der Waals surface area (Å²) in [6.45, 7) is 11.1. The summed E-state index contributed by atoms with van der Waals surface area (Å²) < 4.78 is 2.27. The SMILES string of the molecule is CCCc1cn[nH]c1-c1cn(-c2ccc(C(C)C)cc2)c2cnc(-c3c(CC)cccc3CC)cc12. The molecular weight excluding hydrogens is 440 g/mol. The Bertz CT molecular complexity index is 1460. The van der Waals surface area contributed by atoms with E-state index in [9.17, 15) is 0 Å². The molecule has 5 rings (SSSR count). The van der Waals surface area contributed by atoms with E-state index >= 15 is 0 Å². The Morgan fingerprint density at radius 3 is 2.25 bits per heavy atom. The van der Waals surface area contributed by atoms with Gasteiger partial charge in [-0.05, 0) is 65.6 Å². The molecule has 4 nitrogen and oxygen atoms in total. The molecule has 0 spiro atoms. The summed E-state index contributed by atoms with van der Waals surface area (Å²) in [6, 6.07) is 17.8. The van der Waals surface area contributed by atoms with Crippen LogP contribution in [0.15, 0.2) is 67.1 Å². The molecule has 0 unspecified atom stereocenters. The normalized spacial score (nSPS) is 11.6. The molecule has 3 aromatic heterocycles. The van der Waals surface area contributed by atoms with Crippen LogP contribution in [0.4, 0.5) is 0 Å². The van der Waals surface area contributed by atoms with Crippen LogP contribution in [0.2, 0.25) is 0 Å².